The van der Waals surface area contributed by atoms with Crippen LogP contribution in [0.3, 0.4) is 0 Å². The van der Waals surface area contributed by atoms with Gasteiger partial charge in [0, 0.05) is 0 Å². The van der Waals surface area contributed by atoms with Crippen molar-refractivity contribution in [3.05, 3.63) is 58.1 Å². The molecule has 2 aromatic rings. The van der Waals surface area contributed by atoms with Gasteiger partial charge < -0.3 is 14.6 Å². The molecule has 0 spiro atoms. The summed E-state index contributed by atoms with van der Waals surface area (Å²) < 4.78 is 11.3. The monoisotopic (exact) mass is 364 g/mol. The minimum Gasteiger partial charge on any atom is -0.493 e. The van der Waals surface area contributed by atoms with Gasteiger partial charge in [0.15, 0.2) is 11.5 Å². The minimum atomic E-state index is -0.850. The number of halogens is 1. The van der Waals surface area contributed by atoms with Crippen LogP contribution in [0, 0.1) is 0 Å². The Morgan fingerprint density at radius 1 is 1.18 bits per heavy atom. The summed E-state index contributed by atoms with van der Waals surface area (Å²) in [5.41, 5.74) is 1.64. The number of methoxy groups -OCH3 is 2. The first-order chi connectivity index (χ1) is 10.6. The van der Waals surface area contributed by atoms with Gasteiger partial charge in [-0.2, -0.15) is 0 Å². The first-order valence-corrected chi connectivity index (χ1v) is 7.54. The van der Waals surface area contributed by atoms with Gasteiger partial charge in [0.2, 0.25) is 0 Å². The van der Waals surface area contributed by atoms with Crippen LogP contribution in [0.4, 0.5) is 0 Å². The molecule has 0 heterocycles. The SMILES string of the molecule is COc1cc(CC(C(=O)O)c2ccccc2)cc(Br)c1OC. The Bertz CT molecular complexity index is 655. The van der Waals surface area contributed by atoms with Crippen LogP contribution in [0.2, 0.25) is 0 Å². The number of hydrogen-bond donors (Lipinski definition) is 1. The van der Waals surface area contributed by atoms with E-state index < -0.39 is 11.9 Å². The molecule has 0 aliphatic carbocycles. The molecule has 5 heteroatoms. The summed E-state index contributed by atoms with van der Waals surface area (Å²) in [5, 5.41) is 9.52. The highest BCUT2D eigenvalue weighted by molar-refractivity contribution is 9.10. The highest BCUT2D eigenvalue weighted by atomic mass is 79.9. The zero-order valence-corrected chi connectivity index (χ0v) is 14.0. The summed E-state index contributed by atoms with van der Waals surface area (Å²) in [5.74, 6) is -0.287. The fourth-order valence-corrected chi connectivity index (χ4v) is 3.01. The molecule has 0 fully saturated rings. The lowest BCUT2D eigenvalue weighted by Crippen LogP contribution is -2.14. The number of benzene rings is 2. The molecule has 0 aliphatic heterocycles. The number of ether oxygens (including phenoxy) is 2. The van der Waals surface area contributed by atoms with Crippen molar-refractivity contribution in [3.63, 3.8) is 0 Å². The Balaban J connectivity index is 2.35. The first kappa shape index (κ1) is 16.4. The molecule has 0 bridgehead atoms. The molecular weight excluding hydrogens is 348 g/mol. The van der Waals surface area contributed by atoms with Crippen molar-refractivity contribution in [1.29, 1.82) is 0 Å². The predicted molar refractivity (Wildman–Crippen MR) is 87.8 cm³/mol. The lowest BCUT2D eigenvalue weighted by Gasteiger charge is -2.16. The van der Waals surface area contributed by atoms with Gasteiger partial charge in [0.05, 0.1) is 24.6 Å². The second-order valence-electron chi connectivity index (χ2n) is 4.82. The third kappa shape index (κ3) is 3.60. The number of carbonyl (C=O) groups is 1. The Labute approximate surface area is 137 Å². The molecule has 22 heavy (non-hydrogen) atoms. The van der Waals surface area contributed by atoms with Crippen molar-refractivity contribution < 1.29 is 19.4 Å². The molecule has 1 unspecified atom stereocenters. The molecule has 0 saturated heterocycles. The molecule has 0 aromatic heterocycles. The third-order valence-corrected chi connectivity index (χ3v) is 4.02. The smallest absolute Gasteiger partial charge is 0.311 e. The van der Waals surface area contributed by atoms with Crippen LogP contribution in [0.5, 0.6) is 11.5 Å². The number of rotatable bonds is 6. The van der Waals surface area contributed by atoms with Gasteiger partial charge in [-0.1, -0.05) is 30.3 Å². The average molecular weight is 365 g/mol. The molecule has 1 N–H and O–H groups in total. The van der Waals surface area contributed by atoms with E-state index in [0.29, 0.717) is 17.9 Å². The van der Waals surface area contributed by atoms with Crippen LogP contribution in [0.1, 0.15) is 17.0 Å². The first-order valence-electron chi connectivity index (χ1n) is 6.75. The van der Waals surface area contributed by atoms with Crippen LogP contribution in [0.15, 0.2) is 46.9 Å². The third-order valence-electron chi connectivity index (χ3n) is 3.43. The summed E-state index contributed by atoms with van der Waals surface area (Å²) in [7, 11) is 3.12. The number of carboxylic acids is 1. The van der Waals surface area contributed by atoms with Gasteiger partial charge in [-0.3, -0.25) is 4.79 Å². The summed E-state index contributed by atoms with van der Waals surface area (Å²) in [6, 6.07) is 12.9. The average Bonchev–Trinajstić information content (AvgIpc) is 2.52. The van der Waals surface area contributed by atoms with Gasteiger partial charge in [0.25, 0.3) is 0 Å². The lowest BCUT2D eigenvalue weighted by atomic mass is 9.92. The Hall–Kier alpha value is -2.01. The van der Waals surface area contributed by atoms with Crippen molar-refractivity contribution >= 4 is 21.9 Å². The minimum absolute atomic E-state index is 0.373. The molecule has 0 saturated carbocycles. The van der Waals surface area contributed by atoms with E-state index in [1.165, 1.54) is 0 Å². The van der Waals surface area contributed by atoms with Gasteiger partial charge in [-0.05, 0) is 45.6 Å². The van der Waals surface area contributed by atoms with Gasteiger partial charge in [0.1, 0.15) is 0 Å². The van der Waals surface area contributed by atoms with E-state index >= 15 is 0 Å². The van der Waals surface area contributed by atoms with Crippen molar-refractivity contribution in [2.45, 2.75) is 12.3 Å². The van der Waals surface area contributed by atoms with E-state index in [9.17, 15) is 9.90 Å². The maximum absolute atomic E-state index is 11.6. The topological polar surface area (TPSA) is 55.8 Å². The van der Waals surface area contributed by atoms with Crippen molar-refractivity contribution in [2.24, 2.45) is 0 Å². The van der Waals surface area contributed by atoms with E-state index in [1.54, 1.807) is 14.2 Å². The van der Waals surface area contributed by atoms with Crippen LogP contribution in [-0.2, 0) is 11.2 Å². The highest BCUT2D eigenvalue weighted by Gasteiger charge is 2.21. The molecule has 1 atom stereocenters. The van der Waals surface area contributed by atoms with Crippen LogP contribution < -0.4 is 9.47 Å². The summed E-state index contributed by atoms with van der Waals surface area (Å²) >= 11 is 3.43. The van der Waals surface area contributed by atoms with Crippen molar-refractivity contribution in [1.82, 2.24) is 0 Å². The van der Waals surface area contributed by atoms with Crippen LogP contribution in [0.25, 0.3) is 0 Å². The summed E-state index contributed by atoms with van der Waals surface area (Å²) in [6.45, 7) is 0. The van der Waals surface area contributed by atoms with E-state index in [0.717, 1.165) is 15.6 Å². The van der Waals surface area contributed by atoms with Gasteiger partial charge >= 0.3 is 5.97 Å². The maximum Gasteiger partial charge on any atom is 0.311 e. The molecule has 4 nitrogen and oxygen atoms in total. The Morgan fingerprint density at radius 3 is 2.41 bits per heavy atom. The van der Waals surface area contributed by atoms with Crippen LogP contribution >= 0.6 is 15.9 Å². The Morgan fingerprint density at radius 2 is 1.86 bits per heavy atom. The second-order valence-corrected chi connectivity index (χ2v) is 5.67. The maximum atomic E-state index is 11.6. The number of hydrogen-bond acceptors (Lipinski definition) is 3. The molecule has 2 rings (SSSR count). The highest BCUT2D eigenvalue weighted by Crippen LogP contribution is 2.37. The standard InChI is InChI=1S/C17H17BrO4/c1-21-15-10-11(9-14(18)16(15)22-2)8-13(17(19)20)12-6-4-3-5-7-12/h3-7,9-10,13H,8H2,1-2H3,(H,19,20). The van der Waals surface area contributed by atoms with Crippen molar-refractivity contribution in [2.75, 3.05) is 14.2 Å². The molecule has 2 aromatic carbocycles. The van der Waals surface area contributed by atoms with E-state index in [1.807, 2.05) is 42.5 Å². The van der Waals surface area contributed by atoms with E-state index in [-0.39, 0.29) is 0 Å². The fourth-order valence-electron chi connectivity index (χ4n) is 2.36. The molecule has 0 radical (unpaired) electrons. The number of aliphatic carboxylic acids is 1. The quantitative estimate of drug-likeness (QED) is 0.844. The molecule has 0 aliphatic rings. The zero-order chi connectivity index (χ0) is 16.1. The lowest BCUT2D eigenvalue weighted by molar-refractivity contribution is -0.138. The summed E-state index contributed by atoms with van der Waals surface area (Å²) in [4.78, 5) is 11.6. The largest absolute Gasteiger partial charge is 0.493 e. The molecule has 0 amide bonds. The Kier molecular flexibility index (Phi) is 5.44. The fraction of sp³-hybridized carbons (Fsp3) is 0.235. The van der Waals surface area contributed by atoms with Crippen LogP contribution in [-0.4, -0.2) is 25.3 Å². The van der Waals surface area contributed by atoms with Crippen molar-refractivity contribution in [3.8, 4) is 11.5 Å². The molecular formula is C17H17BrO4. The second kappa shape index (κ2) is 7.31. The number of carboxylic acid groups (broad SMARTS) is 1. The normalized spacial score (nSPS) is 11.8. The predicted octanol–water partition coefficient (Wildman–Crippen LogP) is 3.88. The summed E-state index contributed by atoms with van der Waals surface area (Å²) in [6.07, 6.45) is 0.373. The van der Waals surface area contributed by atoms with E-state index in [4.69, 9.17) is 9.47 Å². The van der Waals surface area contributed by atoms with Gasteiger partial charge in [-0.25, -0.2) is 0 Å². The zero-order valence-electron chi connectivity index (χ0n) is 12.4. The van der Waals surface area contributed by atoms with Gasteiger partial charge in [-0.15, -0.1) is 0 Å². The van der Waals surface area contributed by atoms with E-state index in [2.05, 4.69) is 15.9 Å². The molecule has 116 valence electrons.